The average Bonchev–Trinajstić information content (AvgIpc) is 2.62. The van der Waals surface area contributed by atoms with Crippen LogP contribution in [0.25, 0.3) is 0 Å². The normalized spacial score (nSPS) is 11.3. The Balaban J connectivity index is 2.28. The van der Waals surface area contributed by atoms with Crippen LogP contribution < -0.4 is 14.8 Å². The lowest BCUT2D eigenvalue weighted by atomic mass is 10.2. The maximum Gasteiger partial charge on any atom is 0.255 e. The van der Waals surface area contributed by atoms with E-state index in [-0.39, 0.29) is 16.6 Å². The molecule has 0 radical (unpaired) electrons. The van der Waals surface area contributed by atoms with Gasteiger partial charge in [-0.05, 0) is 49.4 Å². The van der Waals surface area contributed by atoms with Crippen LogP contribution in [0.5, 0.6) is 11.5 Å². The highest BCUT2D eigenvalue weighted by molar-refractivity contribution is 7.89. The van der Waals surface area contributed by atoms with Gasteiger partial charge in [-0.3, -0.25) is 4.79 Å². The standard InChI is InChI=1S/C18H22N2O5S/c1-5-25-15-9-6-13(7-10-15)18(21)19-14-8-11-16(24-4)17(12-14)26(22,23)20(2)3/h6-12H,5H2,1-4H3,(H,19,21). The van der Waals surface area contributed by atoms with Crippen molar-refractivity contribution in [2.24, 2.45) is 0 Å². The third-order valence-corrected chi connectivity index (χ3v) is 5.44. The van der Waals surface area contributed by atoms with Crippen LogP contribution in [-0.2, 0) is 10.0 Å². The van der Waals surface area contributed by atoms with E-state index < -0.39 is 10.0 Å². The fraction of sp³-hybridized carbons (Fsp3) is 0.278. The maximum atomic E-state index is 12.4. The Morgan fingerprint density at radius 3 is 2.31 bits per heavy atom. The van der Waals surface area contributed by atoms with Gasteiger partial charge in [-0.25, -0.2) is 12.7 Å². The number of anilines is 1. The molecule has 1 N–H and O–H groups in total. The van der Waals surface area contributed by atoms with E-state index in [0.29, 0.717) is 23.6 Å². The summed E-state index contributed by atoms with van der Waals surface area (Å²) in [6.45, 7) is 2.42. The highest BCUT2D eigenvalue weighted by Crippen LogP contribution is 2.29. The first-order valence-electron chi connectivity index (χ1n) is 7.94. The largest absolute Gasteiger partial charge is 0.495 e. The number of hydrogen-bond acceptors (Lipinski definition) is 5. The van der Waals surface area contributed by atoms with Crippen LogP contribution in [0.3, 0.4) is 0 Å². The molecule has 0 spiro atoms. The third kappa shape index (κ3) is 4.33. The van der Waals surface area contributed by atoms with Crippen molar-refractivity contribution in [3.8, 4) is 11.5 Å². The lowest BCUT2D eigenvalue weighted by Crippen LogP contribution is -2.23. The molecule has 0 atom stereocenters. The number of benzene rings is 2. The predicted octanol–water partition coefficient (Wildman–Crippen LogP) is 2.60. The molecule has 140 valence electrons. The van der Waals surface area contributed by atoms with Crippen LogP contribution in [0.15, 0.2) is 47.4 Å². The molecule has 0 aliphatic heterocycles. The number of nitrogens with zero attached hydrogens (tertiary/aromatic N) is 1. The molecule has 0 saturated carbocycles. The van der Waals surface area contributed by atoms with Gasteiger partial charge in [0, 0.05) is 25.3 Å². The van der Waals surface area contributed by atoms with Crippen molar-refractivity contribution in [3.63, 3.8) is 0 Å². The minimum absolute atomic E-state index is 0.0190. The van der Waals surface area contributed by atoms with Gasteiger partial charge in [-0.2, -0.15) is 0 Å². The predicted molar refractivity (Wildman–Crippen MR) is 99.4 cm³/mol. The molecule has 0 aliphatic carbocycles. The van der Waals surface area contributed by atoms with Gasteiger partial charge in [-0.1, -0.05) is 0 Å². The van der Waals surface area contributed by atoms with E-state index >= 15 is 0 Å². The highest BCUT2D eigenvalue weighted by Gasteiger charge is 2.23. The Kier molecular flexibility index (Phi) is 6.23. The van der Waals surface area contributed by atoms with Crippen LogP contribution >= 0.6 is 0 Å². The van der Waals surface area contributed by atoms with Gasteiger partial charge in [0.25, 0.3) is 5.91 Å². The first kappa shape index (κ1) is 19.7. The van der Waals surface area contributed by atoms with E-state index in [0.717, 1.165) is 4.31 Å². The Bertz CT molecular complexity index is 877. The summed E-state index contributed by atoms with van der Waals surface area (Å²) in [4.78, 5) is 12.4. The molecular weight excluding hydrogens is 356 g/mol. The van der Waals surface area contributed by atoms with E-state index in [1.165, 1.54) is 33.3 Å². The smallest absolute Gasteiger partial charge is 0.255 e. The first-order valence-corrected chi connectivity index (χ1v) is 9.38. The summed E-state index contributed by atoms with van der Waals surface area (Å²) in [6.07, 6.45) is 0. The second-order valence-corrected chi connectivity index (χ2v) is 7.68. The highest BCUT2D eigenvalue weighted by atomic mass is 32.2. The van der Waals surface area contributed by atoms with E-state index in [4.69, 9.17) is 9.47 Å². The Morgan fingerprint density at radius 1 is 1.12 bits per heavy atom. The molecule has 0 aromatic heterocycles. The van der Waals surface area contributed by atoms with Gasteiger partial charge in [0.2, 0.25) is 10.0 Å². The Labute approximate surface area is 153 Å². The van der Waals surface area contributed by atoms with Gasteiger partial charge >= 0.3 is 0 Å². The number of carbonyl (C=O) groups excluding carboxylic acids is 1. The summed E-state index contributed by atoms with van der Waals surface area (Å²) < 4.78 is 36.4. The molecule has 8 heteroatoms. The second-order valence-electron chi connectivity index (χ2n) is 5.56. The van der Waals surface area contributed by atoms with Crippen molar-refractivity contribution in [1.29, 1.82) is 0 Å². The van der Waals surface area contributed by atoms with Crippen molar-refractivity contribution >= 4 is 21.6 Å². The van der Waals surface area contributed by atoms with Crippen molar-refractivity contribution < 1.29 is 22.7 Å². The number of methoxy groups -OCH3 is 1. The molecule has 0 bridgehead atoms. The number of sulfonamides is 1. The molecule has 0 unspecified atom stereocenters. The number of carbonyl (C=O) groups is 1. The van der Waals surface area contributed by atoms with Crippen LogP contribution in [0.1, 0.15) is 17.3 Å². The summed E-state index contributed by atoms with van der Waals surface area (Å²) in [5.41, 5.74) is 0.784. The number of nitrogens with one attached hydrogen (secondary N) is 1. The number of ether oxygens (including phenoxy) is 2. The van der Waals surface area contributed by atoms with E-state index in [1.54, 1.807) is 30.3 Å². The second kappa shape index (κ2) is 8.20. The minimum Gasteiger partial charge on any atom is -0.495 e. The van der Waals surface area contributed by atoms with Crippen LogP contribution in [0.4, 0.5) is 5.69 Å². The Morgan fingerprint density at radius 2 is 1.77 bits per heavy atom. The summed E-state index contributed by atoms with van der Waals surface area (Å²) in [5, 5.41) is 2.69. The number of rotatable bonds is 7. The number of amides is 1. The fourth-order valence-electron chi connectivity index (χ4n) is 2.23. The number of hydrogen-bond donors (Lipinski definition) is 1. The van der Waals surface area contributed by atoms with Gasteiger partial charge < -0.3 is 14.8 Å². The van der Waals surface area contributed by atoms with Crippen molar-refractivity contribution in [1.82, 2.24) is 4.31 Å². The molecule has 2 rings (SSSR count). The topological polar surface area (TPSA) is 84.9 Å². The van der Waals surface area contributed by atoms with Gasteiger partial charge in [0.05, 0.1) is 13.7 Å². The molecule has 2 aromatic rings. The van der Waals surface area contributed by atoms with Crippen LogP contribution in [0, 0.1) is 0 Å². The zero-order valence-corrected chi connectivity index (χ0v) is 16.0. The fourth-order valence-corrected chi connectivity index (χ4v) is 3.30. The molecule has 2 aromatic carbocycles. The molecule has 0 heterocycles. The Hall–Kier alpha value is -2.58. The van der Waals surface area contributed by atoms with E-state index in [1.807, 2.05) is 6.92 Å². The molecule has 26 heavy (non-hydrogen) atoms. The minimum atomic E-state index is -3.71. The van der Waals surface area contributed by atoms with E-state index in [9.17, 15) is 13.2 Å². The SMILES string of the molecule is CCOc1ccc(C(=O)Nc2ccc(OC)c(S(=O)(=O)N(C)C)c2)cc1. The molecule has 1 amide bonds. The van der Waals surface area contributed by atoms with Crippen molar-refractivity contribution in [2.75, 3.05) is 33.1 Å². The summed E-state index contributed by atoms with van der Waals surface area (Å²) in [7, 11) is 0.538. The monoisotopic (exact) mass is 378 g/mol. The van der Waals surface area contributed by atoms with Crippen molar-refractivity contribution in [2.45, 2.75) is 11.8 Å². The molecule has 0 fully saturated rings. The van der Waals surface area contributed by atoms with Crippen LogP contribution in [-0.4, -0.2) is 46.4 Å². The van der Waals surface area contributed by atoms with Crippen LogP contribution in [0.2, 0.25) is 0 Å². The summed E-state index contributed by atoms with van der Waals surface area (Å²) >= 11 is 0. The van der Waals surface area contributed by atoms with Gasteiger partial charge in [-0.15, -0.1) is 0 Å². The molecule has 7 nitrogen and oxygen atoms in total. The molecule has 0 saturated heterocycles. The third-order valence-electron chi connectivity index (χ3n) is 3.61. The quantitative estimate of drug-likeness (QED) is 0.800. The first-order chi connectivity index (χ1) is 12.3. The van der Waals surface area contributed by atoms with Gasteiger partial charge in [0.1, 0.15) is 16.4 Å². The lowest BCUT2D eigenvalue weighted by molar-refractivity contribution is 0.102. The zero-order valence-electron chi connectivity index (χ0n) is 15.1. The lowest BCUT2D eigenvalue weighted by Gasteiger charge is -2.16. The molecular formula is C18H22N2O5S. The summed E-state index contributed by atoms with van der Waals surface area (Å²) in [6, 6.07) is 11.1. The van der Waals surface area contributed by atoms with Crippen molar-refractivity contribution in [3.05, 3.63) is 48.0 Å². The maximum absolute atomic E-state index is 12.4. The van der Waals surface area contributed by atoms with E-state index in [2.05, 4.69) is 5.32 Å². The summed E-state index contributed by atoms with van der Waals surface area (Å²) in [5.74, 6) is 0.525. The molecule has 0 aliphatic rings. The van der Waals surface area contributed by atoms with Gasteiger partial charge in [0.15, 0.2) is 0 Å². The average molecular weight is 378 g/mol. The zero-order chi connectivity index (χ0) is 19.3.